The monoisotopic (exact) mass is 235 g/mol. The van der Waals surface area contributed by atoms with Crippen molar-refractivity contribution >= 4 is 5.91 Å². The van der Waals surface area contributed by atoms with Gasteiger partial charge in [0.2, 0.25) is 5.91 Å². The number of hydrogen-bond acceptors (Lipinski definition) is 3. The predicted molar refractivity (Wildman–Crippen MR) is 65.2 cm³/mol. The minimum atomic E-state index is -0.833. The van der Waals surface area contributed by atoms with Crippen LogP contribution >= 0.6 is 0 Å². The van der Waals surface area contributed by atoms with Crippen molar-refractivity contribution in [3.05, 3.63) is 0 Å². The van der Waals surface area contributed by atoms with E-state index in [2.05, 4.69) is 11.0 Å². The number of nitriles is 1. The van der Waals surface area contributed by atoms with Gasteiger partial charge in [-0.2, -0.15) is 5.26 Å². The van der Waals surface area contributed by atoms with Crippen LogP contribution in [0.2, 0.25) is 0 Å². The fraction of sp³-hybridized carbons (Fsp3) is 0.846. The van der Waals surface area contributed by atoms with E-state index in [1.165, 1.54) is 19.4 Å². The molecule has 2 aliphatic rings. The highest BCUT2D eigenvalue weighted by molar-refractivity contribution is 5.85. The average molecular weight is 235 g/mol. The second-order valence-corrected chi connectivity index (χ2v) is 5.38. The van der Waals surface area contributed by atoms with E-state index in [0.29, 0.717) is 12.5 Å². The maximum Gasteiger partial charge on any atom is 0.242 e. The summed E-state index contributed by atoms with van der Waals surface area (Å²) < 4.78 is 0. The van der Waals surface area contributed by atoms with Gasteiger partial charge in [-0.25, -0.2) is 0 Å². The van der Waals surface area contributed by atoms with Crippen molar-refractivity contribution in [2.24, 2.45) is 5.41 Å². The smallest absolute Gasteiger partial charge is 0.242 e. The summed E-state index contributed by atoms with van der Waals surface area (Å²) in [6.45, 7) is 7.42. The number of fused-ring (bicyclic) bond motifs is 1. The van der Waals surface area contributed by atoms with Gasteiger partial charge in [-0.1, -0.05) is 6.92 Å². The lowest BCUT2D eigenvalue weighted by atomic mass is 9.87. The zero-order valence-electron chi connectivity index (χ0n) is 10.8. The SMILES string of the molecule is CCC(C)(C#N)C(=O)N1CCN2CCCC2C1. The molecule has 4 nitrogen and oxygen atoms in total. The maximum absolute atomic E-state index is 12.4. The van der Waals surface area contributed by atoms with E-state index >= 15 is 0 Å². The summed E-state index contributed by atoms with van der Waals surface area (Å²) >= 11 is 0. The van der Waals surface area contributed by atoms with Crippen LogP contribution in [0.5, 0.6) is 0 Å². The second kappa shape index (κ2) is 4.66. The highest BCUT2D eigenvalue weighted by Gasteiger charge is 2.39. The summed E-state index contributed by atoms with van der Waals surface area (Å²) in [6.07, 6.45) is 3.03. The first-order chi connectivity index (χ1) is 8.10. The Bertz CT molecular complexity index is 349. The van der Waals surface area contributed by atoms with Gasteiger partial charge in [0.15, 0.2) is 0 Å². The molecule has 2 rings (SSSR count). The Morgan fingerprint density at radius 1 is 1.47 bits per heavy atom. The Kier molecular flexibility index (Phi) is 3.39. The van der Waals surface area contributed by atoms with Crippen LogP contribution in [-0.2, 0) is 4.79 Å². The minimum absolute atomic E-state index is 0.0223. The third-order valence-electron chi connectivity index (χ3n) is 4.30. The lowest BCUT2D eigenvalue weighted by molar-refractivity contribution is -0.141. The molecule has 2 fully saturated rings. The van der Waals surface area contributed by atoms with Gasteiger partial charge in [0.25, 0.3) is 0 Å². The number of carbonyl (C=O) groups excluding carboxylic acids is 1. The molecule has 0 aromatic heterocycles. The summed E-state index contributed by atoms with van der Waals surface area (Å²) in [5, 5.41) is 9.17. The van der Waals surface area contributed by atoms with Gasteiger partial charge in [-0.15, -0.1) is 0 Å². The van der Waals surface area contributed by atoms with Crippen molar-refractivity contribution in [1.29, 1.82) is 5.26 Å². The zero-order chi connectivity index (χ0) is 12.5. The van der Waals surface area contributed by atoms with E-state index in [-0.39, 0.29) is 5.91 Å². The van der Waals surface area contributed by atoms with Crippen LogP contribution in [0.4, 0.5) is 0 Å². The van der Waals surface area contributed by atoms with E-state index in [0.717, 1.165) is 19.6 Å². The Balaban J connectivity index is 2.04. The molecule has 0 N–H and O–H groups in total. The van der Waals surface area contributed by atoms with Crippen LogP contribution in [0.3, 0.4) is 0 Å². The molecule has 0 aromatic carbocycles. The van der Waals surface area contributed by atoms with E-state index < -0.39 is 5.41 Å². The molecule has 2 unspecified atom stereocenters. The third-order valence-corrected chi connectivity index (χ3v) is 4.30. The van der Waals surface area contributed by atoms with Crippen molar-refractivity contribution < 1.29 is 4.79 Å². The molecule has 94 valence electrons. The summed E-state index contributed by atoms with van der Waals surface area (Å²) in [6, 6.07) is 2.71. The van der Waals surface area contributed by atoms with Crippen molar-refractivity contribution in [2.45, 2.75) is 39.2 Å². The van der Waals surface area contributed by atoms with E-state index in [1.54, 1.807) is 6.92 Å². The number of amides is 1. The fourth-order valence-electron chi connectivity index (χ4n) is 2.80. The molecule has 0 saturated carbocycles. The number of piperazine rings is 1. The molecule has 2 heterocycles. The molecule has 2 atom stereocenters. The topological polar surface area (TPSA) is 47.3 Å². The third kappa shape index (κ3) is 2.16. The summed E-state index contributed by atoms with van der Waals surface area (Å²) in [5.74, 6) is 0.0223. The van der Waals surface area contributed by atoms with Gasteiger partial charge in [0, 0.05) is 25.7 Å². The summed E-state index contributed by atoms with van der Waals surface area (Å²) in [5.41, 5.74) is -0.833. The Labute approximate surface area is 103 Å². The Morgan fingerprint density at radius 2 is 2.24 bits per heavy atom. The zero-order valence-corrected chi connectivity index (χ0v) is 10.8. The molecule has 4 heteroatoms. The van der Waals surface area contributed by atoms with Crippen molar-refractivity contribution in [3.63, 3.8) is 0 Å². The number of hydrogen-bond donors (Lipinski definition) is 0. The number of carbonyl (C=O) groups is 1. The molecule has 0 aromatic rings. The lowest BCUT2D eigenvalue weighted by Crippen LogP contribution is -2.55. The highest BCUT2D eigenvalue weighted by atomic mass is 16.2. The normalized spacial score (nSPS) is 28.3. The minimum Gasteiger partial charge on any atom is -0.338 e. The molecule has 0 radical (unpaired) electrons. The second-order valence-electron chi connectivity index (χ2n) is 5.38. The van der Waals surface area contributed by atoms with Gasteiger partial charge in [-0.05, 0) is 32.7 Å². The molecular weight excluding hydrogens is 214 g/mol. The molecule has 0 aliphatic carbocycles. The average Bonchev–Trinajstić information content (AvgIpc) is 2.84. The molecule has 2 saturated heterocycles. The van der Waals surface area contributed by atoms with Crippen LogP contribution in [0.1, 0.15) is 33.1 Å². The van der Waals surface area contributed by atoms with Crippen molar-refractivity contribution in [2.75, 3.05) is 26.2 Å². The van der Waals surface area contributed by atoms with Crippen LogP contribution in [0, 0.1) is 16.7 Å². The van der Waals surface area contributed by atoms with Crippen LogP contribution in [0.15, 0.2) is 0 Å². The van der Waals surface area contributed by atoms with Gasteiger partial charge >= 0.3 is 0 Å². The lowest BCUT2D eigenvalue weighted by Gasteiger charge is -2.39. The summed E-state index contributed by atoms with van der Waals surface area (Å²) in [7, 11) is 0. The Hall–Kier alpha value is -1.08. The molecule has 2 aliphatic heterocycles. The van der Waals surface area contributed by atoms with Crippen molar-refractivity contribution in [1.82, 2.24) is 9.80 Å². The van der Waals surface area contributed by atoms with Crippen molar-refractivity contribution in [3.8, 4) is 6.07 Å². The van der Waals surface area contributed by atoms with Gasteiger partial charge in [0.1, 0.15) is 5.41 Å². The van der Waals surface area contributed by atoms with Gasteiger partial charge in [0.05, 0.1) is 6.07 Å². The van der Waals surface area contributed by atoms with Crippen LogP contribution < -0.4 is 0 Å². The predicted octanol–water partition coefficient (Wildman–Crippen LogP) is 1.23. The van der Waals surface area contributed by atoms with E-state index in [4.69, 9.17) is 5.26 Å². The van der Waals surface area contributed by atoms with Gasteiger partial charge in [-0.3, -0.25) is 9.69 Å². The van der Waals surface area contributed by atoms with Crippen LogP contribution in [0.25, 0.3) is 0 Å². The molecule has 0 bridgehead atoms. The fourth-order valence-corrected chi connectivity index (χ4v) is 2.80. The van der Waals surface area contributed by atoms with E-state index in [1.807, 2.05) is 11.8 Å². The first kappa shape index (κ1) is 12.4. The number of nitrogens with zero attached hydrogens (tertiary/aromatic N) is 3. The number of rotatable bonds is 2. The maximum atomic E-state index is 12.4. The molecular formula is C13H21N3O. The molecule has 0 spiro atoms. The largest absolute Gasteiger partial charge is 0.338 e. The Morgan fingerprint density at radius 3 is 2.88 bits per heavy atom. The molecule has 1 amide bonds. The first-order valence-electron chi connectivity index (χ1n) is 6.55. The standard InChI is InChI=1S/C13H21N3O/c1-3-13(2,10-14)12(17)16-8-7-15-6-4-5-11(15)9-16/h11H,3-9H2,1-2H3. The van der Waals surface area contributed by atoms with Crippen LogP contribution in [-0.4, -0.2) is 47.9 Å². The first-order valence-corrected chi connectivity index (χ1v) is 6.55. The highest BCUT2D eigenvalue weighted by Crippen LogP contribution is 2.27. The van der Waals surface area contributed by atoms with E-state index in [9.17, 15) is 4.79 Å². The quantitative estimate of drug-likeness (QED) is 0.723. The van der Waals surface area contributed by atoms with Gasteiger partial charge < -0.3 is 4.90 Å². The molecule has 17 heavy (non-hydrogen) atoms. The summed E-state index contributed by atoms with van der Waals surface area (Å²) in [4.78, 5) is 16.7.